The Kier molecular flexibility index (Phi) is 5.47. The van der Waals surface area contributed by atoms with Crippen LogP contribution in [0.15, 0.2) is 24.3 Å². The Morgan fingerprint density at radius 1 is 1.31 bits per heavy atom. The lowest BCUT2D eigenvalue weighted by molar-refractivity contribution is 0.451. The second-order valence-electron chi connectivity index (χ2n) is 4.66. The molecule has 0 saturated carbocycles. The highest BCUT2D eigenvalue weighted by Crippen LogP contribution is 2.07. The van der Waals surface area contributed by atoms with Gasteiger partial charge in [-0.15, -0.1) is 0 Å². The maximum atomic E-state index is 13.0. The molecular weight excluding hydrogens is 201 g/mol. The predicted molar refractivity (Wildman–Crippen MR) is 67.0 cm³/mol. The van der Waals surface area contributed by atoms with Gasteiger partial charge >= 0.3 is 0 Å². The van der Waals surface area contributed by atoms with Gasteiger partial charge in [-0.3, -0.25) is 0 Å². The van der Waals surface area contributed by atoms with Crippen LogP contribution in [-0.2, 0) is 6.42 Å². The fourth-order valence-electron chi connectivity index (χ4n) is 1.64. The van der Waals surface area contributed by atoms with Gasteiger partial charge in [0.15, 0.2) is 0 Å². The van der Waals surface area contributed by atoms with Crippen molar-refractivity contribution in [3.05, 3.63) is 35.6 Å². The Bertz CT molecular complexity index is 311. The van der Waals surface area contributed by atoms with E-state index in [-0.39, 0.29) is 5.82 Å². The van der Waals surface area contributed by atoms with E-state index in [1.807, 2.05) is 6.07 Å². The number of nitrogens with one attached hydrogen (secondary N) is 1. The molecule has 0 saturated heterocycles. The third-order valence-electron chi connectivity index (χ3n) is 2.94. The van der Waals surface area contributed by atoms with Crippen LogP contribution in [0.2, 0.25) is 0 Å². The van der Waals surface area contributed by atoms with Crippen molar-refractivity contribution >= 4 is 0 Å². The monoisotopic (exact) mass is 223 g/mol. The number of halogens is 1. The van der Waals surface area contributed by atoms with Crippen LogP contribution >= 0.6 is 0 Å². The van der Waals surface area contributed by atoms with Gasteiger partial charge in [0.1, 0.15) is 5.82 Å². The van der Waals surface area contributed by atoms with Crippen molar-refractivity contribution in [2.24, 2.45) is 5.92 Å². The molecule has 0 spiro atoms. The van der Waals surface area contributed by atoms with Gasteiger partial charge in [0.05, 0.1) is 0 Å². The van der Waals surface area contributed by atoms with Gasteiger partial charge < -0.3 is 5.32 Å². The van der Waals surface area contributed by atoms with Crippen molar-refractivity contribution in [3.8, 4) is 0 Å². The maximum absolute atomic E-state index is 13.0. The molecule has 2 heteroatoms. The van der Waals surface area contributed by atoms with Crippen molar-refractivity contribution in [3.63, 3.8) is 0 Å². The first-order valence-corrected chi connectivity index (χ1v) is 6.09. The minimum absolute atomic E-state index is 0.147. The highest BCUT2D eigenvalue weighted by atomic mass is 19.1. The van der Waals surface area contributed by atoms with Crippen LogP contribution < -0.4 is 5.32 Å². The summed E-state index contributed by atoms with van der Waals surface area (Å²) >= 11 is 0. The van der Waals surface area contributed by atoms with Crippen molar-refractivity contribution in [1.29, 1.82) is 0 Å². The van der Waals surface area contributed by atoms with E-state index in [0.29, 0.717) is 12.0 Å². The Balaban J connectivity index is 2.36. The van der Waals surface area contributed by atoms with E-state index in [9.17, 15) is 4.39 Å². The summed E-state index contributed by atoms with van der Waals surface area (Å²) < 4.78 is 13.0. The standard InChI is InChI=1S/C14H22FN/c1-4-11(2)10-16-12(3)8-13-6-5-7-14(15)9-13/h5-7,9,11-12,16H,4,8,10H2,1-3H3. The van der Waals surface area contributed by atoms with Gasteiger partial charge in [0.25, 0.3) is 0 Å². The molecule has 0 fully saturated rings. The van der Waals surface area contributed by atoms with E-state index in [2.05, 4.69) is 26.1 Å². The second-order valence-corrected chi connectivity index (χ2v) is 4.66. The van der Waals surface area contributed by atoms with Crippen LogP contribution in [0, 0.1) is 11.7 Å². The average molecular weight is 223 g/mol. The summed E-state index contributed by atoms with van der Waals surface area (Å²) in [6, 6.07) is 7.24. The molecule has 0 aromatic heterocycles. The molecule has 1 N–H and O–H groups in total. The number of rotatable bonds is 6. The minimum Gasteiger partial charge on any atom is -0.314 e. The Morgan fingerprint density at radius 2 is 2.06 bits per heavy atom. The van der Waals surface area contributed by atoms with Crippen LogP contribution in [0.5, 0.6) is 0 Å². The van der Waals surface area contributed by atoms with Crippen molar-refractivity contribution in [2.75, 3.05) is 6.54 Å². The molecule has 16 heavy (non-hydrogen) atoms. The van der Waals surface area contributed by atoms with E-state index >= 15 is 0 Å². The molecular formula is C14H22FN. The van der Waals surface area contributed by atoms with Crippen LogP contribution in [0.25, 0.3) is 0 Å². The van der Waals surface area contributed by atoms with Gasteiger partial charge in [-0.2, -0.15) is 0 Å². The van der Waals surface area contributed by atoms with Crippen LogP contribution in [0.1, 0.15) is 32.8 Å². The molecule has 2 atom stereocenters. The topological polar surface area (TPSA) is 12.0 Å². The van der Waals surface area contributed by atoms with Crippen LogP contribution in [-0.4, -0.2) is 12.6 Å². The molecule has 0 amide bonds. The molecule has 0 aliphatic heterocycles. The zero-order valence-corrected chi connectivity index (χ0v) is 10.5. The first-order valence-electron chi connectivity index (χ1n) is 6.09. The average Bonchev–Trinajstić information content (AvgIpc) is 2.26. The van der Waals surface area contributed by atoms with Crippen molar-refractivity contribution in [1.82, 2.24) is 5.32 Å². The third-order valence-corrected chi connectivity index (χ3v) is 2.94. The first-order chi connectivity index (χ1) is 7.61. The van der Waals surface area contributed by atoms with Crippen LogP contribution in [0.4, 0.5) is 4.39 Å². The summed E-state index contributed by atoms with van der Waals surface area (Å²) in [5.41, 5.74) is 1.06. The normalized spacial score (nSPS) is 14.8. The maximum Gasteiger partial charge on any atom is 0.123 e. The smallest absolute Gasteiger partial charge is 0.123 e. The van der Waals surface area contributed by atoms with Gasteiger partial charge in [-0.25, -0.2) is 4.39 Å². The molecule has 1 nitrogen and oxygen atoms in total. The molecule has 0 aliphatic carbocycles. The summed E-state index contributed by atoms with van der Waals surface area (Å²) in [6.45, 7) is 7.62. The molecule has 0 heterocycles. The molecule has 1 rings (SSSR count). The molecule has 0 radical (unpaired) electrons. The van der Waals surface area contributed by atoms with Gasteiger partial charge in [-0.1, -0.05) is 32.4 Å². The fourth-order valence-corrected chi connectivity index (χ4v) is 1.64. The van der Waals surface area contributed by atoms with Crippen molar-refractivity contribution < 1.29 is 4.39 Å². The van der Waals surface area contributed by atoms with Gasteiger partial charge in [-0.05, 0) is 43.5 Å². The minimum atomic E-state index is -0.147. The largest absolute Gasteiger partial charge is 0.314 e. The lowest BCUT2D eigenvalue weighted by Crippen LogP contribution is -2.31. The fraction of sp³-hybridized carbons (Fsp3) is 0.571. The van der Waals surface area contributed by atoms with E-state index in [4.69, 9.17) is 0 Å². The lowest BCUT2D eigenvalue weighted by Gasteiger charge is -2.16. The zero-order chi connectivity index (χ0) is 12.0. The Hall–Kier alpha value is -0.890. The molecule has 1 aromatic carbocycles. The molecule has 1 aromatic rings. The lowest BCUT2D eigenvalue weighted by atomic mass is 10.1. The molecule has 2 unspecified atom stereocenters. The summed E-state index contributed by atoms with van der Waals surface area (Å²) in [4.78, 5) is 0. The highest BCUT2D eigenvalue weighted by molar-refractivity contribution is 5.17. The van der Waals surface area contributed by atoms with E-state index < -0.39 is 0 Å². The SMILES string of the molecule is CCC(C)CNC(C)Cc1cccc(F)c1. The summed E-state index contributed by atoms with van der Waals surface area (Å²) in [5.74, 6) is 0.557. The Labute approximate surface area is 98.1 Å². The zero-order valence-electron chi connectivity index (χ0n) is 10.5. The van der Waals surface area contributed by atoms with Crippen molar-refractivity contribution in [2.45, 2.75) is 39.7 Å². The predicted octanol–water partition coefficient (Wildman–Crippen LogP) is 3.39. The summed E-state index contributed by atoms with van der Waals surface area (Å²) in [6.07, 6.45) is 2.08. The van der Waals surface area contributed by atoms with Gasteiger partial charge in [0, 0.05) is 6.04 Å². The van der Waals surface area contributed by atoms with Crippen LogP contribution in [0.3, 0.4) is 0 Å². The highest BCUT2D eigenvalue weighted by Gasteiger charge is 2.05. The first kappa shape index (κ1) is 13.2. The quantitative estimate of drug-likeness (QED) is 0.779. The van der Waals surface area contributed by atoms with E-state index in [0.717, 1.165) is 18.5 Å². The molecule has 90 valence electrons. The second kappa shape index (κ2) is 6.64. The summed E-state index contributed by atoms with van der Waals surface area (Å²) in [7, 11) is 0. The molecule has 0 bridgehead atoms. The van der Waals surface area contributed by atoms with Gasteiger partial charge in [0.2, 0.25) is 0 Å². The molecule has 0 aliphatic rings. The number of hydrogen-bond acceptors (Lipinski definition) is 1. The number of benzene rings is 1. The van der Waals surface area contributed by atoms with E-state index in [1.165, 1.54) is 12.5 Å². The number of hydrogen-bond donors (Lipinski definition) is 1. The Morgan fingerprint density at radius 3 is 2.69 bits per heavy atom. The van der Waals surface area contributed by atoms with E-state index in [1.54, 1.807) is 12.1 Å². The summed E-state index contributed by atoms with van der Waals surface area (Å²) in [5, 5.41) is 3.48. The third kappa shape index (κ3) is 4.75.